The molecule has 4 aromatic rings. The van der Waals surface area contributed by atoms with Crippen LogP contribution in [-0.4, -0.2) is 43.4 Å². The second-order valence-corrected chi connectivity index (χ2v) is 11.0. The van der Waals surface area contributed by atoms with Gasteiger partial charge in [0.05, 0.1) is 29.8 Å². The molecule has 3 aromatic heterocycles. The number of imidazole rings is 1. The minimum absolute atomic E-state index is 0.0163. The van der Waals surface area contributed by atoms with E-state index < -0.39 is 52.2 Å². The molecule has 1 saturated carbocycles. The number of halogens is 5. The van der Waals surface area contributed by atoms with Crippen LogP contribution in [0.25, 0.3) is 16.8 Å². The van der Waals surface area contributed by atoms with Gasteiger partial charge in [-0.1, -0.05) is 0 Å². The number of fused-ring (bicyclic) bond motifs is 2. The fourth-order valence-electron chi connectivity index (χ4n) is 6.08. The predicted octanol–water partition coefficient (Wildman–Crippen LogP) is 5.52. The molecule has 6 rings (SSSR count). The van der Waals surface area contributed by atoms with E-state index in [-0.39, 0.29) is 52.3 Å². The van der Waals surface area contributed by atoms with Gasteiger partial charge in [0.25, 0.3) is 5.91 Å². The Morgan fingerprint density at radius 2 is 1.98 bits per heavy atom. The maximum Gasteiger partial charge on any atom is 0.416 e. The summed E-state index contributed by atoms with van der Waals surface area (Å²) in [6, 6.07) is 3.41. The van der Waals surface area contributed by atoms with Gasteiger partial charge in [0, 0.05) is 11.8 Å². The number of pyridine rings is 1. The standard InChI is InChI=1S/C29H25F5N6O4/c1-4-43-17-10-13(25(41)38-19-11-14(6-8-36-19)29(32,33)34)9-16(30)20(17)21-22-23(35)37-12-18(31)40(22)24(39-21)15-5-7-27(2)26(42)44-28(15,27)3/h6,8-12,15H,4-5,7H2,1-3H3,(H2,35,37)(H,36,38,41)/t15-,27+,28?/m0/s1. The predicted molar refractivity (Wildman–Crippen MR) is 146 cm³/mol. The number of hydrogen-bond acceptors (Lipinski definition) is 8. The summed E-state index contributed by atoms with van der Waals surface area (Å²) in [7, 11) is 0. The molecule has 230 valence electrons. The highest BCUT2D eigenvalue weighted by molar-refractivity contribution is 6.05. The van der Waals surface area contributed by atoms with E-state index >= 15 is 8.78 Å². The molecule has 2 fully saturated rings. The molecular weight excluding hydrogens is 591 g/mol. The molecule has 1 aliphatic heterocycles. The molecule has 0 bridgehead atoms. The SMILES string of the molecule is CCOc1cc(C(=O)Nc2cc(C(F)(F)F)ccn2)cc(F)c1-c1nc([C@@H]2CC[C@]3(C)C(=O)OC23C)n2c(F)cnc(N)c12. The lowest BCUT2D eigenvalue weighted by Crippen LogP contribution is -2.62. The number of hydrogen-bond donors (Lipinski definition) is 2. The van der Waals surface area contributed by atoms with Crippen molar-refractivity contribution in [1.82, 2.24) is 19.4 Å². The summed E-state index contributed by atoms with van der Waals surface area (Å²) in [6.07, 6.45) is -2.01. The van der Waals surface area contributed by atoms with Crippen LogP contribution < -0.4 is 15.8 Å². The van der Waals surface area contributed by atoms with E-state index in [1.807, 2.05) is 0 Å². The molecule has 3 atom stereocenters. The summed E-state index contributed by atoms with van der Waals surface area (Å²) < 4.78 is 83.2. The molecule has 1 unspecified atom stereocenters. The summed E-state index contributed by atoms with van der Waals surface area (Å²) in [4.78, 5) is 37.6. The van der Waals surface area contributed by atoms with Gasteiger partial charge in [-0.15, -0.1) is 0 Å². The number of nitrogens with two attached hydrogens (primary N) is 1. The van der Waals surface area contributed by atoms with E-state index in [1.165, 1.54) is 6.07 Å². The van der Waals surface area contributed by atoms with Crippen molar-refractivity contribution in [2.45, 2.75) is 51.3 Å². The quantitative estimate of drug-likeness (QED) is 0.214. The lowest BCUT2D eigenvalue weighted by molar-refractivity contribution is -0.229. The number of benzene rings is 1. The molecule has 1 amide bonds. The average molecular weight is 617 g/mol. The van der Waals surface area contributed by atoms with Crippen LogP contribution in [-0.2, 0) is 15.7 Å². The van der Waals surface area contributed by atoms with Crippen LogP contribution in [0, 0.1) is 17.2 Å². The highest BCUT2D eigenvalue weighted by atomic mass is 19.4. The first-order valence-electron chi connectivity index (χ1n) is 13.6. The second kappa shape index (κ2) is 9.86. The molecule has 1 saturated heterocycles. The third-order valence-electron chi connectivity index (χ3n) is 8.61. The summed E-state index contributed by atoms with van der Waals surface area (Å²) in [5.74, 6) is -4.36. The Labute approximate surface area is 246 Å². The Morgan fingerprint density at radius 1 is 1.23 bits per heavy atom. The van der Waals surface area contributed by atoms with Crippen molar-refractivity contribution in [2.75, 3.05) is 17.7 Å². The lowest BCUT2D eigenvalue weighted by atomic mass is 9.69. The minimum atomic E-state index is -4.67. The molecule has 3 N–H and O–H groups in total. The number of alkyl halides is 3. The Hall–Kier alpha value is -4.82. The highest BCUT2D eigenvalue weighted by Gasteiger charge is 2.71. The normalized spacial score (nSPS) is 22.8. The molecule has 10 nitrogen and oxygen atoms in total. The number of ether oxygens (including phenoxy) is 2. The van der Waals surface area contributed by atoms with Crippen LogP contribution in [0.1, 0.15) is 61.3 Å². The van der Waals surface area contributed by atoms with Crippen molar-refractivity contribution < 1.29 is 41.0 Å². The number of anilines is 2. The Balaban J connectivity index is 1.46. The summed E-state index contributed by atoms with van der Waals surface area (Å²) in [5, 5.41) is 2.23. The smallest absolute Gasteiger partial charge is 0.416 e. The van der Waals surface area contributed by atoms with Crippen molar-refractivity contribution in [3.8, 4) is 17.0 Å². The number of amides is 1. The first-order valence-corrected chi connectivity index (χ1v) is 13.6. The maximum atomic E-state index is 16.0. The van der Waals surface area contributed by atoms with Gasteiger partial charge < -0.3 is 20.5 Å². The molecule has 2 aliphatic rings. The highest BCUT2D eigenvalue weighted by Crippen LogP contribution is 2.63. The number of nitrogens with zero attached hydrogens (tertiary/aromatic N) is 4. The van der Waals surface area contributed by atoms with E-state index in [4.69, 9.17) is 15.2 Å². The van der Waals surface area contributed by atoms with E-state index in [0.717, 1.165) is 28.9 Å². The fourth-order valence-corrected chi connectivity index (χ4v) is 6.08. The van der Waals surface area contributed by atoms with Gasteiger partial charge >= 0.3 is 12.1 Å². The zero-order chi connectivity index (χ0) is 31.8. The second-order valence-electron chi connectivity index (χ2n) is 11.0. The minimum Gasteiger partial charge on any atom is -0.493 e. The van der Waals surface area contributed by atoms with Crippen LogP contribution in [0.2, 0.25) is 0 Å². The Kier molecular flexibility index (Phi) is 6.55. The topological polar surface area (TPSA) is 134 Å². The molecule has 15 heteroatoms. The molecule has 0 radical (unpaired) electrons. The van der Waals surface area contributed by atoms with E-state index in [1.54, 1.807) is 20.8 Å². The molecule has 0 spiro atoms. The van der Waals surface area contributed by atoms with Crippen LogP contribution >= 0.6 is 0 Å². The zero-order valence-electron chi connectivity index (χ0n) is 23.6. The zero-order valence-corrected chi connectivity index (χ0v) is 23.6. The molecule has 1 aliphatic carbocycles. The number of esters is 1. The van der Waals surface area contributed by atoms with Crippen molar-refractivity contribution >= 4 is 29.0 Å². The first-order chi connectivity index (χ1) is 20.7. The Bertz CT molecular complexity index is 1860. The Morgan fingerprint density at radius 3 is 2.64 bits per heavy atom. The van der Waals surface area contributed by atoms with E-state index in [0.29, 0.717) is 18.9 Å². The number of aromatic nitrogens is 4. The number of carbonyl (C=O) groups excluding carboxylic acids is 2. The monoisotopic (exact) mass is 616 g/mol. The summed E-state index contributed by atoms with van der Waals surface area (Å²) in [5.41, 5.74) is 2.59. The summed E-state index contributed by atoms with van der Waals surface area (Å²) in [6.45, 7) is 5.14. The van der Waals surface area contributed by atoms with Crippen molar-refractivity contribution in [1.29, 1.82) is 0 Å². The van der Waals surface area contributed by atoms with Crippen molar-refractivity contribution in [3.05, 3.63) is 65.4 Å². The van der Waals surface area contributed by atoms with Gasteiger partial charge in [-0.2, -0.15) is 17.6 Å². The van der Waals surface area contributed by atoms with Crippen LogP contribution in [0.3, 0.4) is 0 Å². The third kappa shape index (κ3) is 4.24. The average Bonchev–Trinajstić information content (AvgIpc) is 3.44. The van der Waals surface area contributed by atoms with Gasteiger partial charge in [0.15, 0.2) is 0 Å². The molecule has 1 aromatic carbocycles. The van der Waals surface area contributed by atoms with Crippen LogP contribution in [0.4, 0.5) is 33.6 Å². The first kappa shape index (κ1) is 29.3. The van der Waals surface area contributed by atoms with Crippen molar-refractivity contribution in [3.63, 3.8) is 0 Å². The number of carbonyl (C=O) groups is 2. The van der Waals surface area contributed by atoms with Gasteiger partial charge in [0.2, 0.25) is 5.95 Å². The summed E-state index contributed by atoms with van der Waals surface area (Å²) >= 11 is 0. The molecule has 4 heterocycles. The largest absolute Gasteiger partial charge is 0.493 e. The van der Waals surface area contributed by atoms with Gasteiger partial charge in [0.1, 0.15) is 51.3 Å². The van der Waals surface area contributed by atoms with E-state index in [2.05, 4.69) is 20.3 Å². The van der Waals surface area contributed by atoms with Crippen molar-refractivity contribution in [2.24, 2.45) is 5.41 Å². The van der Waals surface area contributed by atoms with Gasteiger partial charge in [-0.3, -0.25) is 14.0 Å². The lowest BCUT2D eigenvalue weighted by Gasteiger charge is -2.51. The van der Waals surface area contributed by atoms with E-state index in [9.17, 15) is 22.8 Å². The van der Waals surface area contributed by atoms with Crippen LogP contribution in [0.15, 0.2) is 36.7 Å². The van der Waals surface area contributed by atoms with Gasteiger partial charge in [-0.05, 0) is 57.9 Å². The molecule has 44 heavy (non-hydrogen) atoms. The molecular formula is C29H25F5N6O4. The number of rotatable bonds is 6. The van der Waals surface area contributed by atoms with Gasteiger partial charge in [-0.25, -0.2) is 19.3 Å². The number of nitrogen functional groups attached to an aromatic ring is 1. The maximum absolute atomic E-state index is 16.0. The fraction of sp³-hybridized carbons (Fsp3) is 0.345. The number of nitrogens with one attached hydrogen (secondary N) is 1. The third-order valence-corrected chi connectivity index (χ3v) is 8.61. The van der Waals surface area contributed by atoms with Crippen LogP contribution in [0.5, 0.6) is 5.75 Å².